The van der Waals surface area contributed by atoms with Crippen LogP contribution in [0.4, 0.5) is 0 Å². The SMILES string of the molecule is COCCNC(=O)[C@H]1C[C@H](NC(=O)Cc2ccccc2C)[C@H](c2nc(-c3ccccc3)no2)C1. The number of benzene rings is 2. The summed E-state index contributed by atoms with van der Waals surface area (Å²) in [4.78, 5) is 30.3. The van der Waals surface area contributed by atoms with Crippen LogP contribution in [0.15, 0.2) is 59.1 Å². The van der Waals surface area contributed by atoms with E-state index in [0.29, 0.717) is 37.7 Å². The molecule has 1 aliphatic rings. The van der Waals surface area contributed by atoms with Crippen molar-refractivity contribution in [3.63, 3.8) is 0 Å². The van der Waals surface area contributed by atoms with Crippen molar-refractivity contribution in [2.45, 2.75) is 38.1 Å². The lowest BCUT2D eigenvalue weighted by atomic mass is 10.0. The van der Waals surface area contributed by atoms with E-state index in [1.54, 1.807) is 7.11 Å². The fraction of sp³-hybridized carbons (Fsp3) is 0.385. The topological polar surface area (TPSA) is 106 Å². The van der Waals surface area contributed by atoms with E-state index in [1.807, 2.05) is 61.5 Å². The first-order valence-electron chi connectivity index (χ1n) is 11.5. The van der Waals surface area contributed by atoms with Crippen LogP contribution in [0.1, 0.15) is 35.8 Å². The molecule has 1 heterocycles. The van der Waals surface area contributed by atoms with E-state index >= 15 is 0 Å². The van der Waals surface area contributed by atoms with Gasteiger partial charge in [-0.25, -0.2) is 0 Å². The first kappa shape index (κ1) is 23.6. The first-order valence-corrected chi connectivity index (χ1v) is 11.5. The maximum Gasteiger partial charge on any atom is 0.232 e. The minimum atomic E-state index is -0.279. The molecule has 0 aliphatic heterocycles. The van der Waals surface area contributed by atoms with E-state index < -0.39 is 0 Å². The van der Waals surface area contributed by atoms with Gasteiger partial charge in [-0.1, -0.05) is 59.8 Å². The Hall–Kier alpha value is -3.52. The van der Waals surface area contributed by atoms with Crippen LogP contribution in [0.2, 0.25) is 0 Å². The number of aryl methyl sites for hydroxylation is 1. The Kier molecular flexibility index (Phi) is 7.69. The molecule has 1 aliphatic carbocycles. The minimum absolute atomic E-state index is 0.0551. The second-order valence-corrected chi connectivity index (χ2v) is 8.66. The lowest BCUT2D eigenvalue weighted by molar-refractivity contribution is -0.125. The van der Waals surface area contributed by atoms with Gasteiger partial charge in [0, 0.05) is 31.2 Å². The van der Waals surface area contributed by atoms with E-state index in [-0.39, 0.29) is 36.1 Å². The smallest absolute Gasteiger partial charge is 0.232 e. The minimum Gasteiger partial charge on any atom is -0.383 e. The average molecular weight is 463 g/mol. The van der Waals surface area contributed by atoms with Crippen molar-refractivity contribution in [3.05, 3.63) is 71.6 Å². The van der Waals surface area contributed by atoms with Crippen molar-refractivity contribution < 1.29 is 18.8 Å². The third kappa shape index (κ3) is 5.69. The fourth-order valence-electron chi connectivity index (χ4n) is 4.43. The fourth-order valence-corrected chi connectivity index (χ4v) is 4.43. The Bertz CT molecular complexity index is 1110. The standard InChI is InChI=1S/C26H30N4O4/c1-17-8-6-7-11-19(17)16-23(31)28-22-15-20(25(32)27-12-13-33-2)14-21(22)26-29-24(30-34-26)18-9-4-3-5-10-18/h3-11,20-22H,12-16H2,1-2H3,(H,27,32)(H,28,31)/t20-,21-,22+/m1/s1. The van der Waals surface area contributed by atoms with E-state index in [9.17, 15) is 9.59 Å². The molecule has 2 aromatic carbocycles. The molecule has 2 amide bonds. The van der Waals surface area contributed by atoms with Gasteiger partial charge in [0.1, 0.15) is 0 Å². The van der Waals surface area contributed by atoms with Crippen LogP contribution in [-0.2, 0) is 20.7 Å². The molecule has 4 rings (SSSR count). The molecule has 0 saturated heterocycles. The van der Waals surface area contributed by atoms with Gasteiger partial charge >= 0.3 is 0 Å². The number of nitrogens with one attached hydrogen (secondary N) is 2. The van der Waals surface area contributed by atoms with E-state index in [4.69, 9.17) is 9.26 Å². The zero-order valence-corrected chi connectivity index (χ0v) is 19.5. The summed E-state index contributed by atoms with van der Waals surface area (Å²) in [7, 11) is 1.59. The number of ether oxygens (including phenoxy) is 1. The second-order valence-electron chi connectivity index (χ2n) is 8.66. The van der Waals surface area contributed by atoms with Crippen LogP contribution in [-0.4, -0.2) is 48.3 Å². The lowest BCUT2D eigenvalue weighted by Gasteiger charge is -2.18. The van der Waals surface area contributed by atoms with Gasteiger partial charge in [-0.2, -0.15) is 4.98 Å². The molecule has 3 aromatic rings. The Morgan fingerprint density at radius 1 is 1.09 bits per heavy atom. The Morgan fingerprint density at radius 2 is 1.85 bits per heavy atom. The van der Waals surface area contributed by atoms with Crippen molar-refractivity contribution in [2.75, 3.05) is 20.3 Å². The average Bonchev–Trinajstić information content (AvgIpc) is 3.49. The highest BCUT2D eigenvalue weighted by Crippen LogP contribution is 2.39. The zero-order valence-electron chi connectivity index (χ0n) is 19.5. The number of carbonyl (C=O) groups excluding carboxylic acids is 2. The molecule has 2 N–H and O–H groups in total. The maximum absolute atomic E-state index is 12.9. The molecule has 0 radical (unpaired) electrons. The Labute approximate surface area is 199 Å². The molecule has 34 heavy (non-hydrogen) atoms. The number of methoxy groups -OCH3 is 1. The van der Waals surface area contributed by atoms with Gasteiger partial charge in [0.25, 0.3) is 0 Å². The predicted octanol–water partition coefficient (Wildman–Crippen LogP) is 3.03. The normalized spacial score (nSPS) is 19.6. The van der Waals surface area contributed by atoms with Crippen LogP contribution < -0.4 is 10.6 Å². The van der Waals surface area contributed by atoms with Crippen LogP contribution in [0, 0.1) is 12.8 Å². The van der Waals surface area contributed by atoms with Crippen LogP contribution >= 0.6 is 0 Å². The molecule has 0 spiro atoms. The van der Waals surface area contributed by atoms with Crippen molar-refractivity contribution in [1.29, 1.82) is 0 Å². The zero-order chi connectivity index (χ0) is 23.9. The van der Waals surface area contributed by atoms with Crippen LogP contribution in [0.5, 0.6) is 0 Å². The summed E-state index contributed by atoms with van der Waals surface area (Å²) in [6.07, 6.45) is 1.30. The quantitative estimate of drug-likeness (QED) is 0.474. The molecule has 1 saturated carbocycles. The summed E-state index contributed by atoms with van der Waals surface area (Å²) in [6.45, 7) is 2.88. The molecule has 0 bridgehead atoms. The second kappa shape index (κ2) is 11.1. The number of carbonyl (C=O) groups is 2. The number of hydrogen-bond acceptors (Lipinski definition) is 6. The summed E-state index contributed by atoms with van der Waals surface area (Å²) in [5.41, 5.74) is 2.90. The van der Waals surface area contributed by atoms with Crippen molar-refractivity contribution >= 4 is 11.8 Å². The van der Waals surface area contributed by atoms with Gasteiger partial charge < -0.3 is 19.9 Å². The van der Waals surface area contributed by atoms with E-state index in [0.717, 1.165) is 16.7 Å². The van der Waals surface area contributed by atoms with Crippen molar-refractivity contribution in [1.82, 2.24) is 20.8 Å². The number of hydrogen-bond donors (Lipinski definition) is 2. The summed E-state index contributed by atoms with van der Waals surface area (Å²) < 4.78 is 10.6. The lowest BCUT2D eigenvalue weighted by Crippen LogP contribution is -2.38. The molecule has 178 valence electrons. The molecule has 3 atom stereocenters. The van der Waals surface area contributed by atoms with E-state index in [1.165, 1.54) is 0 Å². The van der Waals surface area contributed by atoms with Gasteiger partial charge in [-0.05, 0) is 30.9 Å². The van der Waals surface area contributed by atoms with Gasteiger partial charge in [0.15, 0.2) is 0 Å². The highest BCUT2D eigenvalue weighted by atomic mass is 16.5. The molecule has 8 nitrogen and oxygen atoms in total. The highest BCUT2D eigenvalue weighted by molar-refractivity contribution is 5.81. The third-order valence-corrected chi connectivity index (χ3v) is 6.29. The molecular weight excluding hydrogens is 432 g/mol. The van der Waals surface area contributed by atoms with Gasteiger partial charge in [-0.15, -0.1) is 0 Å². The first-order chi connectivity index (χ1) is 16.5. The van der Waals surface area contributed by atoms with Crippen LogP contribution in [0.25, 0.3) is 11.4 Å². The van der Waals surface area contributed by atoms with Gasteiger partial charge in [0.2, 0.25) is 23.5 Å². The number of amides is 2. The maximum atomic E-state index is 12.9. The number of nitrogens with zero attached hydrogens (tertiary/aromatic N) is 2. The molecule has 8 heteroatoms. The monoisotopic (exact) mass is 462 g/mol. The molecular formula is C26H30N4O4. The summed E-state index contributed by atoms with van der Waals surface area (Å²) in [5, 5.41) is 10.2. The summed E-state index contributed by atoms with van der Waals surface area (Å²) >= 11 is 0. The molecule has 1 fully saturated rings. The van der Waals surface area contributed by atoms with Crippen LogP contribution in [0.3, 0.4) is 0 Å². The third-order valence-electron chi connectivity index (χ3n) is 6.29. The summed E-state index contributed by atoms with van der Waals surface area (Å²) in [5.74, 6) is 0.274. The highest BCUT2D eigenvalue weighted by Gasteiger charge is 2.42. The predicted molar refractivity (Wildman–Crippen MR) is 127 cm³/mol. The van der Waals surface area contributed by atoms with Gasteiger partial charge in [-0.3, -0.25) is 9.59 Å². The Balaban J connectivity index is 1.50. The van der Waals surface area contributed by atoms with E-state index in [2.05, 4.69) is 20.8 Å². The Morgan fingerprint density at radius 3 is 2.62 bits per heavy atom. The van der Waals surface area contributed by atoms with Gasteiger partial charge in [0.05, 0.1) is 18.9 Å². The number of rotatable bonds is 9. The molecule has 0 unspecified atom stereocenters. The van der Waals surface area contributed by atoms with Crippen molar-refractivity contribution in [2.24, 2.45) is 5.92 Å². The summed E-state index contributed by atoms with van der Waals surface area (Å²) in [6, 6.07) is 17.1. The number of aromatic nitrogens is 2. The largest absolute Gasteiger partial charge is 0.383 e. The molecule has 1 aromatic heterocycles. The van der Waals surface area contributed by atoms with Crippen molar-refractivity contribution in [3.8, 4) is 11.4 Å².